The number of benzene rings is 2. The van der Waals surface area contributed by atoms with Crippen molar-refractivity contribution >= 4 is 27.5 Å². The van der Waals surface area contributed by atoms with Crippen LogP contribution in [0.2, 0.25) is 0 Å². The Labute approximate surface area is 210 Å². The number of carbonyl (C=O) groups is 2. The van der Waals surface area contributed by atoms with Gasteiger partial charge in [-0.2, -0.15) is 0 Å². The molecule has 0 heterocycles. The van der Waals surface area contributed by atoms with Crippen molar-refractivity contribution in [3.8, 4) is 0 Å². The van der Waals surface area contributed by atoms with Crippen molar-refractivity contribution in [1.82, 2.24) is 10.2 Å². The van der Waals surface area contributed by atoms with Gasteiger partial charge in [0.15, 0.2) is 0 Å². The van der Waals surface area contributed by atoms with E-state index in [4.69, 9.17) is 0 Å². The van der Waals surface area contributed by atoms with Crippen molar-refractivity contribution in [3.63, 3.8) is 0 Å². The first-order valence-electron chi connectivity index (χ1n) is 12.2. The molecule has 0 aliphatic carbocycles. The van der Waals surface area contributed by atoms with E-state index >= 15 is 0 Å². The Morgan fingerprint density at radius 1 is 0.943 bits per heavy atom. The minimum absolute atomic E-state index is 0.0316. The van der Waals surface area contributed by atoms with E-state index in [2.05, 4.69) is 5.32 Å². The first kappa shape index (κ1) is 28.4. The molecule has 8 heteroatoms. The molecule has 2 aromatic rings. The van der Waals surface area contributed by atoms with Gasteiger partial charge in [0.2, 0.25) is 21.8 Å². The van der Waals surface area contributed by atoms with Crippen molar-refractivity contribution in [3.05, 3.63) is 65.2 Å². The molecular formula is C27H39N3O4S. The monoisotopic (exact) mass is 501 g/mol. The van der Waals surface area contributed by atoms with Crippen LogP contribution >= 0.6 is 0 Å². The molecule has 2 aromatic carbocycles. The zero-order chi connectivity index (χ0) is 26.2. The molecule has 2 amide bonds. The SMILES string of the molecule is CCc1ccccc1N(CC(=O)N(Cc1ccccc1C)[C@@H](CC)C(=O)N[C@H](C)CC)S(C)(=O)=O. The molecule has 7 nitrogen and oxygen atoms in total. The summed E-state index contributed by atoms with van der Waals surface area (Å²) >= 11 is 0. The van der Waals surface area contributed by atoms with Crippen LogP contribution in [-0.4, -0.2) is 50.0 Å². The van der Waals surface area contributed by atoms with E-state index in [1.54, 1.807) is 12.1 Å². The third-order valence-corrected chi connectivity index (χ3v) is 7.44. The average molecular weight is 502 g/mol. The number of nitrogens with zero attached hydrogens (tertiary/aromatic N) is 2. The Morgan fingerprint density at radius 2 is 1.54 bits per heavy atom. The number of carbonyl (C=O) groups excluding carboxylic acids is 2. The molecule has 0 bridgehead atoms. The number of aryl methyl sites for hydroxylation is 2. The third kappa shape index (κ3) is 7.56. The van der Waals surface area contributed by atoms with Crippen LogP contribution < -0.4 is 9.62 Å². The predicted octanol–water partition coefficient (Wildman–Crippen LogP) is 4.05. The van der Waals surface area contributed by atoms with Gasteiger partial charge in [-0.15, -0.1) is 0 Å². The lowest BCUT2D eigenvalue weighted by Crippen LogP contribution is -2.53. The Morgan fingerprint density at radius 3 is 2.09 bits per heavy atom. The molecule has 0 saturated carbocycles. The Kier molecular flexibility index (Phi) is 10.3. The number of rotatable bonds is 12. The van der Waals surface area contributed by atoms with Crippen molar-refractivity contribution in [2.75, 3.05) is 17.1 Å². The van der Waals surface area contributed by atoms with E-state index in [1.165, 1.54) is 4.90 Å². The number of hydrogen-bond donors (Lipinski definition) is 1. The van der Waals surface area contributed by atoms with Gasteiger partial charge in [0.1, 0.15) is 12.6 Å². The van der Waals surface area contributed by atoms with Crippen LogP contribution in [0.5, 0.6) is 0 Å². The number of anilines is 1. The van der Waals surface area contributed by atoms with Gasteiger partial charge in [0, 0.05) is 12.6 Å². The van der Waals surface area contributed by atoms with E-state index in [-0.39, 0.29) is 25.0 Å². The molecule has 0 radical (unpaired) electrons. The highest BCUT2D eigenvalue weighted by Gasteiger charge is 2.32. The highest BCUT2D eigenvalue weighted by atomic mass is 32.2. The second-order valence-corrected chi connectivity index (χ2v) is 10.8. The maximum absolute atomic E-state index is 13.8. The summed E-state index contributed by atoms with van der Waals surface area (Å²) in [4.78, 5) is 28.5. The van der Waals surface area contributed by atoms with E-state index in [0.717, 1.165) is 33.7 Å². The fourth-order valence-electron chi connectivity index (χ4n) is 3.98. The van der Waals surface area contributed by atoms with Crippen molar-refractivity contribution in [2.24, 2.45) is 0 Å². The molecule has 0 aliphatic rings. The quantitative estimate of drug-likeness (QED) is 0.475. The van der Waals surface area contributed by atoms with Crippen LogP contribution in [0, 0.1) is 6.92 Å². The van der Waals surface area contributed by atoms with E-state index in [9.17, 15) is 18.0 Å². The van der Waals surface area contributed by atoms with E-state index < -0.39 is 22.0 Å². The van der Waals surface area contributed by atoms with Gasteiger partial charge < -0.3 is 10.2 Å². The summed E-state index contributed by atoms with van der Waals surface area (Å²) in [5.74, 6) is -0.653. The molecule has 1 N–H and O–H groups in total. The predicted molar refractivity (Wildman–Crippen MR) is 142 cm³/mol. The van der Waals surface area contributed by atoms with Gasteiger partial charge in [-0.05, 0) is 55.9 Å². The maximum Gasteiger partial charge on any atom is 0.244 e. The molecule has 0 fully saturated rings. The van der Waals surface area contributed by atoms with Gasteiger partial charge >= 0.3 is 0 Å². The van der Waals surface area contributed by atoms with Gasteiger partial charge in [-0.25, -0.2) is 8.42 Å². The van der Waals surface area contributed by atoms with Crippen LogP contribution in [-0.2, 0) is 32.6 Å². The van der Waals surface area contributed by atoms with Crippen molar-refractivity contribution in [2.45, 2.75) is 72.5 Å². The average Bonchev–Trinajstić information content (AvgIpc) is 2.82. The fraction of sp³-hybridized carbons (Fsp3) is 0.481. The number of para-hydroxylation sites is 1. The molecule has 35 heavy (non-hydrogen) atoms. The molecule has 0 aliphatic heterocycles. The van der Waals surface area contributed by atoms with Crippen LogP contribution in [0.1, 0.15) is 57.2 Å². The van der Waals surface area contributed by atoms with Gasteiger partial charge in [-0.3, -0.25) is 13.9 Å². The molecule has 192 valence electrons. The van der Waals surface area contributed by atoms with E-state index in [0.29, 0.717) is 18.5 Å². The van der Waals surface area contributed by atoms with Crippen molar-refractivity contribution < 1.29 is 18.0 Å². The second kappa shape index (κ2) is 12.7. The smallest absolute Gasteiger partial charge is 0.244 e. The molecule has 0 spiro atoms. The standard InChI is InChI=1S/C27H39N3O4S/c1-7-21(5)28-27(32)24(9-3)29(18-23-16-11-10-14-20(23)4)26(31)19-30(35(6,33)34)25-17-13-12-15-22(25)8-2/h10-17,21,24H,7-9,18-19H2,1-6H3,(H,28,32)/t21-,24+/m1/s1. The lowest BCUT2D eigenvalue weighted by atomic mass is 10.1. The number of hydrogen-bond acceptors (Lipinski definition) is 4. The van der Waals surface area contributed by atoms with E-state index in [1.807, 2.05) is 71.0 Å². The topological polar surface area (TPSA) is 86.8 Å². The zero-order valence-corrected chi connectivity index (χ0v) is 22.6. The Balaban J connectivity index is 2.49. The zero-order valence-electron chi connectivity index (χ0n) is 21.7. The number of nitrogens with one attached hydrogen (secondary N) is 1. The Bertz CT molecular complexity index is 1120. The molecule has 0 unspecified atom stereocenters. The van der Waals surface area contributed by atoms with Crippen LogP contribution in [0.15, 0.2) is 48.5 Å². The van der Waals surface area contributed by atoms with Crippen molar-refractivity contribution in [1.29, 1.82) is 0 Å². The summed E-state index contributed by atoms with van der Waals surface area (Å²) in [5, 5.41) is 2.99. The minimum Gasteiger partial charge on any atom is -0.352 e. The van der Waals surface area contributed by atoms with Gasteiger partial charge in [0.05, 0.1) is 11.9 Å². The molecular weight excluding hydrogens is 462 g/mol. The molecule has 2 rings (SSSR count). The lowest BCUT2D eigenvalue weighted by Gasteiger charge is -2.34. The number of amides is 2. The largest absolute Gasteiger partial charge is 0.352 e. The molecule has 0 aromatic heterocycles. The summed E-state index contributed by atoms with van der Waals surface area (Å²) in [6.07, 6.45) is 2.90. The summed E-state index contributed by atoms with van der Waals surface area (Å²) in [5.41, 5.74) is 3.23. The first-order chi connectivity index (χ1) is 16.5. The summed E-state index contributed by atoms with van der Waals surface area (Å²) in [6, 6.07) is 14.1. The van der Waals surface area contributed by atoms with Gasteiger partial charge in [0.25, 0.3) is 0 Å². The third-order valence-electron chi connectivity index (χ3n) is 6.31. The Hall–Kier alpha value is -2.87. The minimum atomic E-state index is -3.75. The molecule has 2 atom stereocenters. The highest BCUT2D eigenvalue weighted by Crippen LogP contribution is 2.24. The van der Waals surface area contributed by atoms with Crippen LogP contribution in [0.3, 0.4) is 0 Å². The number of sulfonamides is 1. The maximum atomic E-state index is 13.8. The molecule has 0 saturated heterocycles. The summed E-state index contributed by atoms with van der Waals surface area (Å²) in [6.45, 7) is 9.50. The highest BCUT2D eigenvalue weighted by molar-refractivity contribution is 7.92. The van der Waals surface area contributed by atoms with Gasteiger partial charge in [-0.1, -0.05) is 63.2 Å². The van der Waals surface area contributed by atoms with Crippen LogP contribution in [0.25, 0.3) is 0 Å². The fourth-order valence-corrected chi connectivity index (χ4v) is 4.86. The lowest BCUT2D eigenvalue weighted by molar-refractivity contribution is -0.140. The summed E-state index contributed by atoms with van der Waals surface area (Å²) in [7, 11) is -3.75. The first-order valence-corrected chi connectivity index (χ1v) is 14.1. The summed E-state index contributed by atoms with van der Waals surface area (Å²) < 4.78 is 26.8. The normalized spacial score (nSPS) is 13.1. The van der Waals surface area contributed by atoms with Crippen LogP contribution in [0.4, 0.5) is 5.69 Å². The second-order valence-electron chi connectivity index (χ2n) is 8.94.